The van der Waals surface area contributed by atoms with Crippen molar-refractivity contribution in [1.29, 1.82) is 0 Å². The number of amides is 2. The van der Waals surface area contributed by atoms with Crippen molar-refractivity contribution in [2.75, 3.05) is 14.1 Å². The molecular formula is C9H18N2O2. The zero-order valence-electron chi connectivity index (χ0n) is 8.29. The van der Waals surface area contributed by atoms with Gasteiger partial charge in [0.2, 0.25) is 0 Å². The highest BCUT2D eigenvalue weighted by Gasteiger charge is 2.24. The summed E-state index contributed by atoms with van der Waals surface area (Å²) in [5, 5.41) is 11.9. The Morgan fingerprint density at radius 1 is 1.38 bits per heavy atom. The fourth-order valence-corrected chi connectivity index (χ4v) is 1.79. The molecule has 0 bridgehead atoms. The van der Waals surface area contributed by atoms with Crippen LogP contribution < -0.4 is 5.32 Å². The lowest BCUT2D eigenvalue weighted by molar-refractivity contribution is 0.0922. The van der Waals surface area contributed by atoms with E-state index in [1.165, 1.54) is 0 Å². The highest BCUT2D eigenvalue weighted by atomic mass is 16.3. The molecule has 1 rings (SSSR count). The van der Waals surface area contributed by atoms with Crippen LogP contribution in [0.3, 0.4) is 0 Å². The van der Waals surface area contributed by atoms with Gasteiger partial charge in [-0.15, -0.1) is 0 Å². The number of aliphatic hydroxyl groups excluding tert-OH is 1. The lowest BCUT2D eigenvalue weighted by atomic mass is 9.92. The third kappa shape index (κ3) is 2.59. The zero-order valence-corrected chi connectivity index (χ0v) is 8.29. The fourth-order valence-electron chi connectivity index (χ4n) is 1.79. The molecule has 0 radical (unpaired) electrons. The zero-order chi connectivity index (χ0) is 9.84. The van der Waals surface area contributed by atoms with E-state index < -0.39 is 0 Å². The number of urea groups is 1. The lowest BCUT2D eigenvalue weighted by Crippen LogP contribution is -2.44. The van der Waals surface area contributed by atoms with Crippen molar-refractivity contribution in [2.24, 2.45) is 0 Å². The third-order valence-corrected chi connectivity index (χ3v) is 2.75. The molecule has 13 heavy (non-hydrogen) atoms. The van der Waals surface area contributed by atoms with Gasteiger partial charge in [0.25, 0.3) is 0 Å². The Kier molecular flexibility index (Phi) is 3.54. The summed E-state index contributed by atoms with van der Waals surface area (Å²) in [5.74, 6) is 0. The van der Waals surface area contributed by atoms with Crippen LogP contribution in [0.15, 0.2) is 0 Å². The van der Waals surface area contributed by atoms with E-state index in [0.717, 1.165) is 25.7 Å². The third-order valence-electron chi connectivity index (χ3n) is 2.75. The quantitative estimate of drug-likeness (QED) is 0.628. The maximum Gasteiger partial charge on any atom is 0.317 e. The molecule has 0 aromatic rings. The molecule has 1 aliphatic rings. The van der Waals surface area contributed by atoms with Gasteiger partial charge >= 0.3 is 6.03 Å². The molecule has 0 aliphatic heterocycles. The van der Waals surface area contributed by atoms with Gasteiger partial charge in [0.15, 0.2) is 0 Å². The molecule has 0 heterocycles. The SMILES string of the molecule is CNC(=O)N(C)C1CCC(O)CC1. The summed E-state index contributed by atoms with van der Waals surface area (Å²) in [6.45, 7) is 0. The van der Waals surface area contributed by atoms with Crippen LogP contribution in [0.2, 0.25) is 0 Å². The molecule has 0 unspecified atom stereocenters. The summed E-state index contributed by atoms with van der Waals surface area (Å²) >= 11 is 0. The average molecular weight is 186 g/mol. The maximum atomic E-state index is 11.2. The standard InChI is InChI=1S/C9H18N2O2/c1-10-9(13)11(2)7-3-5-8(12)6-4-7/h7-8,12H,3-6H2,1-2H3,(H,10,13). The number of rotatable bonds is 1. The van der Waals surface area contributed by atoms with Crippen molar-refractivity contribution in [3.8, 4) is 0 Å². The van der Waals surface area contributed by atoms with Gasteiger partial charge in [-0.3, -0.25) is 0 Å². The van der Waals surface area contributed by atoms with Crippen LogP contribution in [-0.2, 0) is 0 Å². The topological polar surface area (TPSA) is 52.6 Å². The van der Waals surface area contributed by atoms with Gasteiger partial charge in [-0.2, -0.15) is 0 Å². The van der Waals surface area contributed by atoms with Crippen molar-refractivity contribution in [3.05, 3.63) is 0 Å². The van der Waals surface area contributed by atoms with E-state index >= 15 is 0 Å². The summed E-state index contributed by atoms with van der Waals surface area (Å²) in [6, 6.07) is 0.254. The first-order valence-electron chi connectivity index (χ1n) is 4.77. The predicted molar refractivity (Wildman–Crippen MR) is 50.5 cm³/mol. The highest BCUT2D eigenvalue weighted by Crippen LogP contribution is 2.21. The molecule has 0 spiro atoms. The van der Waals surface area contributed by atoms with E-state index in [9.17, 15) is 9.90 Å². The first kappa shape index (κ1) is 10.3. The van der Waals surface area contributed by atoms with Crippen LogP contribution >= 0.6 is 0 Å². The minimum absolute atomic E-state index is 0.0404. The Balaban J connectivity index is 2.39. The van der Waals surface area contributed by atoms with Crippen LogP contribution in [0.4, 0.5) is 4.79 Å². The smallest absolute Gasteiger partial charge is 0.317 e. The molecular weight excluding hydrogens is 168 g/mol. The molecule has 1 aliphatic carbocycles. The Morgan fingerprint density at radius 2 is 1.92 bits per heavy atom. The van der Waals surface area contributed by atoms with Crippen molar-refractivity contribution in [3.63, 3.8) is 0 Å². The fraction of sp³-hybridized carbons (Fsp3) is 0.889. The van der Waals surface area contributed by atoms with Gasteiger partial charge in [-0.1, -0.05) is 0 Å². The lowest BCUT2D eigenvalue weighted by Gasteiger charge is -2.32. The number of nitrogens with one attached hydrogen (secondary N) is 1. The van der Waals surface area contributed by atoms with Gasteiger partial charge in [-0.25, -0.2) is 4.79 Å². The molecule has 76 valence electrons. The summed E-state index contributed by atoms with van der Waals surface area (Å²) < 4.78 is 0. The first-order chi connectivity index (χ1) is 6.15. The average Bonchev–Trinajstić information content (AvgIpc) is 2.17. The second-order valence-electron chi connectivity index (χ2n) is 3.63. The number of aliphatic hydroxyl groups is 1. The van der Waals surface area contributed by atoms with E-state index in [1.54, 1.807) is 19.0 Å². The predicted octanol–water partition coefficient (Wildman–Crippen LogP) is 0.561. The Bertz CT molecular complexity index is 176. The molecule has 4 heteroatoms. The number of carbonyl (C=O) groups is 1. The van der Waals surface area contributed by atoms with Crippen molar-refractivity contribution in [1.82, 2.24) is 10.2 Å². The molecule has 1 fully saturated rings. The van der Waals surface area contributed by atoms with Crippen LogP contribution in [0.1, 0.15) is 25.7 Å². The Hall–Kier alpha value is -0.770. The van der Waals surface area contributed by atoms with E-state index in [2.05, 4.69) is 5.32 Å². The van der Waals surface area contributed by atoms with Gasteiger partial charge in [0.05, 0.1) is 6.10 Å². The number of hydrogen-bond donors (Lipinski definition) is 2. The first-order valence-corrected chi connectivity index (χ1v) is 4.77. The molecule has 2 amide bonds. The van der Waals surface area contributed by atoms with Crippen molar-refractivity contribution >= 4 is 6.03 Å². The Labute approximate surface area is 78.9 Å². The van der Waals surface area contributed by atoms with Gasteiger partial charge < -0.3 is 15.3 Å². The van der Waals surface area contributed by atoms with Crippen LogP contribution in [-0.4, -0.2) is 42.3 Å². The highest BCUT2D eigenvalue weighted by molar-refractivity contribution is 5.73. The maximum absolute atomic E-state index is 11.2. The van der Waals surface area contributed by atoms with E-state index in [1.807, 2.05) is 0 Å². The summed E-state index contributed by atoms with van der Waals surface area (Å²) in [5.41, 5.74) is 0. The summed E-state index contributed by atoms with van der Waals surface area (Å²) in [7, 11) is 3.44. The number of hydrogen-bond acceptors (Lipinski definition) is 2. The molecule has 0 aromatic heterocycles. The van der Waals surface area contributed by atoms with Crippen LogP contribution in [0.5, 0.6) is 0 Å². The van der Waals surface area contributed by atoms with Crippen LogP contribution in [0, 0.1) is 0 Å². The molecule has 1 saturated carbocycles. The van der Waals surface area contributed by atoms with E-state index in [4.69, 9.17) is 0 Å². The van der Waals surface area contributed by atoms with E-state index in [0.29, 0.717) is 6.04 Å². The van der Waals surface area contributed by atoms with Gasteiger partial charge in [-0.05, 0) is 25.7 Å². The molecule has 0 saturated heterocycles. The second-order valence-corrected chi connectivity index (χ2v) is 3.63. The minimum atomic E-state index is -0.158. The minimum Gasteiger partial charge on any atom is -0.393 e. The Morgan fingerprint density at radius 3 is 2.38 bits per heavy atom. The van der Waals surface area contributed by atoms with Crippen LogP contribution in [0.25, 0.3) is 0 Å². The van der Waals surface area contributed by atoms with E-state index in [-0.39, 0.29) is 12.1 Å². The molecule has 2 N–H and O–H groups in total. The van der Waals surface area contributed by atoms with Crippen molar-refractivity contribution < 1.29 is 9.90 Å². The summed E-state index contributed by atoms with van der Waals surface area (Å²) in [4.78, 5) is 13.0. The number of nitrogens with zero attached hydrogens (tertiary/aromatic N) is 1. The monoisotopic (exact) mass is 186 g/mol. The number of carbonyl (C=O) groups excluding carboxylic acids is 1. The molecule has 4 nitrogen and oxygen atoms in total. The second kappa shape index (κ2) is 4.46. The normalized spacial score (nSPS) is 28.2. The largest absolute Gasteiger partial charge is 0.393 e. The molecule has 0 aromatic carbocycles. The summed E-state index contributed by atoms with van der Waals surface area (Å²) in [6.07, 6.45) is 3.28. The van der Waals surface area contributed by atoms with Crippen molar-refractivity contribution in [2.45, 2.75) is 37.8 Å². The van der Waals surface area contributed by atoms with Gasteiger partial charge in [0, 0.05) is 20.1 Å². The van der Waals surface area contributed by atoms with Gasteiger partial charge in [0.1, 0.15) is 0 Å². The molecule has 0 atom stereocenters.